The van der Waals surface area contributed by atoms with Crippen LogP contribution in [0.25, 0.3) is 0 Å². The van der Waals surface area contributed by atoms with Crippen LogP contribution in [-0.2, 0) is 9.59 Å². The quantitative estimate of drug-likeness (QED) is 0.414. The third kappa shape index (κ3) is 6.19. The maximum absolute atomic E-state index is 12.4. The van der Waals surface area contributed by atoms with E-state index in [9.17, 15) is 14.4 Å². The molecule has 1 fully saturated rings. The number of nitrogens with zero attached hydrogens (tertiary/aromatic N) is 1. The highest BCUT2D eigenvalue weighted by Gasteiger charge is 2.21. The molecule has 0 radical (unpaired) electrons. The first-order valence-corrected chi connectivity index (χ1v) is 11.9. The fourth-order valence-corrected chi connectivity index (χ4v) is 4.19. The molecule has 1 heterocycles. The van der Waals surface area contributed by atoms with Gasteiger partial charge in [-0.05, 0) is 61.4 Å². The molecule has 0 aromatic heterocycles. The van der Waals surface area contributed by atoms with Crippen molar-refractivity contribution in [3.63, 3.8) is 0 Å². The van der Waals surface area contributed by atoms with Crippen LogP contribution in [0.2, 0.25) is 5.02 Å². The van der Waals surface area contributed by atoms with Crippen LogP contribution < -0.4 is 20.9 Å². The molecule has 35 heavy (non-hydrogen) atoms. The van der Waals surface area contributed by atoms with E-state index in [2.05, 4.69) is 16.0 Å². The van der Waals surface area contributed by atoms with Crippen molar-refractivity contribution >= 4 is 46.4 Å². The molecule has 1 aliphatic rings. The topological polar surface area (TPSA) is 90.5 Å². The molecular weight excluding hydrogens is 464 g/mol. The van der Waals surface area contributed by atoms with Crippen molar-refractivity contribution in [2.75, 3.05) is 28.6 Å². The SMILES string of the molecule is CC(Nc1ccc(NC(=O)CNC(=O)c2ccc(N3CCCC3=O)cc2)cc1Cl)c1ccccc1. The first kappa shape index (κ1) is 24.3. The van der Waals surface area contributed by atoms with Crippen LogP contribution in [0.4, 0.5) is 17.1 Å². The van der Waals surface area contributed by atoms with Gasteiger partial charge >= 0.3 is 0 Å². The summed E-state index contributed by atoms with van der Waals surface area (Å²) in [6.45, 7) is 2.55. The van der Waals surface area contributed by atoms with Crippen molar-refractivity contribution in [1.82, 2.24) is 5.32 Å². The number of nitrogens with one attached hydrogen (secondary N) is 3. The van der Waals surface area contributed by atoms with Crippen LogP contribution in [-0.4, -0.2) is 30.8 Å². The van der Waals surface area contributed by atoms with E-state index in [1.54, 1.807) is 41.3 Å². The molecule has 1 saturated heterocycles. The molecule has 3 amide bonds. The predicted molar refractivity (Wildman–Crippen MR) is 139 cm³/mol. The summed E-state index contributed by atoms with van der Waals surface area (Å²) in [6, 6.07) is 22.1. The van der Waals surface area contributed by atoms with Gasteiger partial charge in [0.15, 0.2) is 0 Å². The second-order valence-corrected chi connectivity index (χ2v) is 8.81. The number of rotatable bonds is 8. The monoisotopic (exact) mass is 490 g/mol. The Balaban J connectivity index is 1.28. The zero-order chi connectivity index (χ0) is 24.8. The maximum atomic E-state index is 12.4. The molecule has 3 aromatic rings. The van der Waals surface area contributed by atoms with Crippen LogP contribution in [0.15, 0.2) is 72.8 Å². The van der Waals surface area contributed by atoms with Gasteiger partial charge in [-0.15, -0.1) is 0 Å². The molecule has 0 aliphatic carbocycles. The van der Waals surface area contributed by atoms with Gasteiger partial charge in [0.25, 0.3) is 5.91 Å². The minimum Gasteiger partial charge on any atom is -0.377 e. The van der Waals surface area contributed by atoms with Crippen LogP contribution in [0.1, 0.15) is 41.7 Å². The number of carbonyl (C=O) groups is 3. The second kappa shape index (κ2) is 11.1. The molecular formula is C27H27ClN4O3. The molecule has 8 heteroatoms. The Hall–Kier alpha value is -3.84. The Morgan fingerprint density at radius 2 is 1.77 bits per heavy atom. The van der Waals surface area contributed by atoms with Gasteiger partial charge in [0, 0.05) is 35.9 Å². The summed E-state index contributed by atoms with van der Waals surface area (Å²) >= 11 is 6.41. The van der Waals surface area contributed by atoms with Crippen molar-refractivity contribution in [3.8, 4) is 0 Å². The fourth-order valence-electron chi connectivity index (χ4n) is 3.95. The lowest BCUT2D eigenvalue weighted by molar-refractivity contribution is -0.117. The van der Waals surface area contributed by atoms with Gasteiger partial charge in [-0.3, -0.25) is 14.4 Å². The molecule has 3 aromatic carbocycles. The molecule has 0 bridgehead atoms. The Morgan fingerprint density at radius 3 is 2.43 bits per heavy atom. The summed E-state index contributed by atoms with van der Waals surface area (Å²) in [5.74, 6) is -0.646. The summed E-state index contributed by atoms with van der Waals surface area (Å²) in [6.07, 6.45) is 1.39. The number of halogens is 1. The number of hydrogen-bond donors (Lipinski definition) is 3. The number of hydrogen-bond acceptors (Lipinski definition) is 4. The average molecular weight is 491 g/mol. The van der Waals surface area contributed by atoms with E-state index < -0.39 is 0 Å². The lowest BCUT2D eigenvalue weighted by Gasteiger charge is -2.17. The first-order valence-electron chi connectivity index (χ1n) is 11.5. The smallest absolute Gasteiger partial charge is 0.251 e. The van der Waals surface area contributed by atoms with Gasteiger partial charge in [0.05, 0.1) is 17.3 Å². The minimum absolute atomic E-state index is 0.0641. The molecule has 4 rings (SSSR count). The third-order valence-corrected chi connectivity index (χ3v) is 6.16. The van der Waals surface area contributed by atoms with Gasteiger partial charge in [0.2, 0.25) is 11.8 Å². The normalized spacial score (nSPS) is 13.9. The zero-order valence-electron chi connectivity index (χ0n) is 19.4. The first-order chi connectivity index (χ1) is 16.9. The van der Waals surface area contributed by atoms with E-state index in [0.29, 0.717) is 29.2 Å². The standard InChI is InChI=1S/C27H27ClN4O3/c1-18(19-6-3-2-4-7-19)30-24-14-11-21(16-23(24)28)31-25(33)17-29-27(35)20-9-12-22(13-10-20)32-15-5-8-26(32)34/h2-4,6-7,9-14,16,18,30H,5,8,15,17H2,1H3,(H,29,35)(H,31,33). The summed E-state index contributed by atoms with van der Waals surface area (Å²) < 4.78 is 0. The van der Waals surface area contributed by atoms with Crippen molar-refractivity contribution in [3.05, 3.63) is 88.9 Å². The van der Waals surface area contributed by atoms with Crippen molar-refractivity contribution < 1.29 is 14.4 Å². The highest BCUT2D eigenvalue weighted by Crippen LogP contribution is 2.29. The van der Waals surface area contributed by atoms with Gasteiger partial charge < -0.3 is 20.9 Å². The summed E-state index contributed by atoms with van der Waals surface area (Å²) in [4.78, 5) is 38.3. The summed E-state index contributed by atoms with van der Waals surface area (Å²) in [5, 5.41) is 9.20. The highest BCUT2D eigenvalue weighted by molar-refractivity contribution is 6.33. The van der Waals surface area contributed by atoms with Gasteiger partial charge in [-0.1, -0.05) is 41.9 Å². The molecule has 0 spiro atoms. The summed E-state index contributed by atoms with van der Waals surface area (Å²) in [5.41, 5.74) is 3.62. The van der Waals surface area contributed by atoms with Crippen LogP contribution in [0.5, 0.6) is 0 Å². The number of carbonyl (C=O) groups excluding carboxylic acids is 3. The van der Waals surface area contributed by atoms with Crippen molar-refractivity contribution in [2.45, 2.75) is 25.8 Å². The van der Waals surface area contributed by atoms with E-state index in [1.807, 2.05) is 43.3 Å². The number of benzene rings is 3. The van der Waals surface area contributed by atoms with Gasteiger partial charge in [-0.25, -0.2) is 0 Å². The Kier molecular flexibility index (Phi) is 7.67. The molecule has 1 atom stereocenters. The third-order valence-electron chi connectivity index (χ3n) is 5.85. The Bertz CT molecular complexity index is 1210. The molecule has 7 nitrogen and oxygen atoms in total. The van der Waals surface area contributed by atoms with Crippen LogP contribution >= 0.6 is 11.6 Å². The van der Waals surface area contributed by atoms with Crippen LogP contribution in [0, 0.1) is 0 Å². The molecule has 180 valence electrons. The second-order valence-electron chi connectivity index (χ2n) is 8.40. The highest BCUT2D eigenvalue weighted by atomic mass is 35.5. The minimum atomic E-state index is -0.369. The van der Waals surface area contributed by atoms with E-state index >= 15 is 0 Å². The Morgan fingerprint density at radius 1 is 1.03 bits per heavy atom. The molecule has 1 aliphatic heterocycles. The van der Waals surface area contributed by atoms with Gasteiger partial charge in [0.1, 0.15) is 0 Å². The van der Waals surface area contributed by atoms with E-state index in [0.717, 1.165) is 23.4 Å². The Labute approximate surface area is 209 Å². The van der Waals surface area contributed by atoms with Crippen LogP contribution in [0.3, 0.4) is 0 Å². The number of anilines is 3. The van der Waals surface area contributed by atoms with Crippen molar-refractivity contribution in [2.24, 2.45) is 0 Å². The summed E-state index contributed by atoms with van der Waals surface area (Å²) in [7, 11) is 0. The zero-order valence-corrected chi connectivity index (χ0v) is 20.1. The van der Waals surface area contributed by atoms with Gasteiger partial charge in [-0.2, -0.15) is 0 Å². The average Bonchev–Trinajstić information content (AvgIpc) is 3.30. The van der Waals surface area contributed by atoms with E-state index in [-0.39, 0.29) is 30.3 Å². The van der Waals surface area contributed by atoms with E-state index in [4.69, 9.17) is 11.6 Å². The molecule has 3 N–H and O–H groups in total. The van der Waals surface area contributed by atoms with Crippen molar-refractivity contribution in [1.29, 1.82) is 0 Å². The molecule has 1 unspecified atom stereocenters. The fraction of sp³-hybridized carbons (Fsp3) is 0.222. The largest absolute Gasteiger partial charge is 0.377 e. The predicted octanol–water partition coefficient (Wildman–Crippen LogP) is 5.01. The lowest BCUT2D eigenvalue weighted by atomic mass is 10.1. The maximum Gasteiger partial charge on any atom is 0.251 e. The number of amides is 3. The lowest BCUT2D eigenvalue weighted by Crippen LogP contribution is -2.32. The molecule has 0 saturated carbocycles. The van der Waals surface area contributed by atoms with E-state index in [1.165, 1.54) is 0 Å².